The van der Waals surface area contributed by atoms with Gasteiger partial charge in [-0.15, -0.1) is 0 Å². The monoisotopic (exact) mass is 455 g/mol. The minimum Gasteiger partial charge on any atom is -0.465 e. The van der Waals surface area contributed by atoms with Gasteiger partial charge in [-0.3, -0.25) is 9.69 Å². The normalized spacial score (nSPS) is 17.0. The number of rotatable bonds is 6. The largest absolute Gasteiger partial charge is 0.465 e. The fraction of sp³-hybridized carbons (Fsp3) is 0.200. The highest BCUT2D eigenvalue weighted by atomic mass is 19.1. The first kappa shape index (κ1) is 22.4. The molecular formula is C25H20F3NO4. The number of carbonyl (C=O) groups excluding carboxylic acids is 2. The van der Waals surface area contributed by atoms with Crippen molar-refractivity contribution < 1.29 is 32.2 Å². The van der Waals surface area contributed by atoms with E-state index in [1.807, 2.05) is 0 Å². The minimum atomic E-state index is -1.58. The number of amides is 1. The lowest BCUT2D eigenvalue weighted by Crippen LogP contribution is -2.40. The molecule has 1 amide bonds. The molecule has 0 saturated carbocycles. The lowest BCUT2D eigenvalue weighted by atomic mass is 9.77. The van der Waals surface area contributed by atoms with E-state index in [4.69, 9.17) is 9.47 Å². The van der Waals surface area contributed by atoms with Crippen molar-refractivity contribution in [3.8, 4) is 0 Å². The fourth-order valence-corrected chi connectivity index (χ4v) is 4.13. The van der Waals surface area contributed by atoms with Gasteiger partial charge in [0.2, 0.25) is 0 Å². The zero-order valence-corrected chi connectivity index (χ0v) is 17.6. The SMILES string of the molecule is CCOC(=O)CN1C(=O)OC(c2ccc(F)cc2)(c2ccc(F)cc2)C1c1ccc(F)cc1. The van der Waals surface area contributed by atoms with Gasteiger partial charge < -0.3 is 9.47 Å². The van der Waals surface area contributed by atoms with E-state index in [-0.39, 0.29) is 6.61 Å². The van der Waals surface area contributed by atoms with E-state index in [2.05, 4.69) is 0 Å². The van der Waals surface area contributed by atoms with E-state index < -0.39 is 47.7 Å². The highest BCUT2D eigenvalue weighted by Crippen LogP contribution is 2.52. The smallest absolute Gasteiger partial charge is 0.412 e. The maximum Gasteiger partial charge on any atom is 0.412 e. The summed E-state index contributed by atoms with van der Waals surface area (Å²) in [5.41, 5.74) is -0.336. The van der Waals surface area contributed by atoms with Gasteiger partial charge in [-0.05, 0) is 48.9 Å². The van der Waals surface area contributed by atoms with E-state index >= 15 is 0 Å². The van der Waals surface area contributed by atoms with Crippen molar-refractivity contribution in [1.82, 2.24) is 4.90 Å². The molecular weight excluding hydrogens is 435 g/mol. The van der Waals surface area contributed by atoms with Crippen molar-refractivity contribution in [2.75, 3.05) is 13.2 Å². The van der Waals surface area contributed by atoms with Crippen LogP contribution in [0.15, 0.2) is 72.8 Å². The molecule has 1 fully saturated rings. The van der Waals surface area contributed by atoms with Crippen LogP contribution in [-0.4, -0.2) is 30.1 Å². The van der Waals surface area contributed by atoms with Gasteiger partial charge in [0.05, 0.1) is 6.61 Å². The summed E-state index contributed by atoms with van der Waals surface area (Å²) in [6.45, 7) is 1.32. The van der Waals surface area contributed by atoms with Crippen LogP contribution in [-0.2, 0) is 19.9 Å². The van der Waals surface area contributed by atoms with Crippen LogP contribution in [0.2, 0.25) is 0 Å². The Kier molecular flexibility index (Phi) is 6.09. The minimum absolute atomic E-state index is 0.115. The maximum absolute atomic E-state index is 13.8. The highest BCUT2D eigenvalue weighted by molar-refractivity contribution is 5.81. The van der Waals surface area contributed by atoms with Crippen LogP contribution in [0.25, 0.3) is 0 Å². The molecule has 3 aromatic carbocycles. The Labute approximate surface area is 188 Å². The molecule has 0 N–H and O–H groups in total. The summed E-state index contributed by atoms with van der Waals surface area (Å²) in [4.78, 5) is 26.6. The maximum atomic E-state index is 13.8. The first-order chi connectivity index (χ1) is 15.8. The Morgan fingerprint density at radius 3 is 1.79 bits per heavy atom. The third kappa shape index (κ3) is 4.16. The summed E-state index contributed by atoms with van der Waals surface area (Å²) >= 11 is 0. The lowest BCUT2D eigenvalue weighted by Gasteiger charge is -2.36. The van der Waals surface area contributed by atoms with Crippen molar-refractivity contribution in [2.45, 2.75) is 18.6 Å². The van der Waals surface area contributed by atoms with Gasteiger partial charge in [0.1, 0.15) is 30.0 Å². The summed E-state index contributed by atoms with van der Waals surface area (Å²) in [5.74, 6) is -2.15. The number of hydrogen-bond donors (Lipinski definition) is 0. The number of nitrogens with zero attached hydrogens (tertiary/aromatic N) is 1. The number of esters is 1. The molecule has 1 aliphatic rings. The molecule has 1 aliphatic heterocycles. The number of hydrogen-bond acceptors (Lipinski definition) is 4. The number of cyclic esters (lactones) is 1. The molecule has 8 heteroatoms. The van der Waals surface area contributed by atoms with E-state index in [0.717, 1.165) is 0 Å². The van der Waals surface area contributed by atoms with Gasteiger partial charge in [-0.2, -0.15) is 0 Å². The number of benzene rings is 3. The van der Waals surface area contributed by atoms with Crippen LogP contribution in [0.5, 0.6) is 0 Å². The summed E-state index contributed by atoms with van der Waals surface area (Å²) in [6.07, 6.45) is -0.828. The molecule has 0 radical (unpaired) electrons. The van der Waals surface area contributed by atoms with Crippen molar-refractivity contribution >= 4 is 12.1 Å². The van der Waals surface area contributed by atoms with Crippen LogP contribution >= 0.6 is 0 Å². The molecule has 1 saturated heterocycles. The van der Waals surface area contributed by atoms with Crippen molar-refractivity contribution in [3.05, 3.63) is 107 Å². The number of halogens is 3. The molecule has 0 aromatic heterocycles. The second kappa shape index (κ2) is 8.97. The fourth-order valence-electron chi connectivity index (χ4n) is 4.13. The molecule has 0 spiro atoms. The van der Waals surface area contributed by atoms with Crippen molar-refractivity contribution in [2.24, 2.45) is 0 Å². The van der Waals surface area contributed by atoms with Gasteiger partial charge in [0.15, 0.2) is 5.60 Å². The topological polar surface area (TPSA) is 55.8 Å². The van der Waals surface area contributed by atoms with E-state index in [9.17, 15) is 22.8 Å². The zero-order valence-electron chi connectivity index (χ0n) is 17.6. The molecule has 3 aromatic rings. The average Bonchev–Trinajstić information content (AvgIpc) is 3.08. The van der Waals surface area contributed by atoms with Gasteiger partial charge in [0.25, 0.3) is 0 Å². The van der Waals surface area contributed by atoms with E-state index in [1.54, 1.807) is 6.92 Å². The predicted octanol–water partition coefficient (Wildman–Crippen LogP) is 5.10. The highest BCUT2D eigenvalue weighted by Gasteiger charge is 2.57. The molecule has 170 valence electrons. The second-order valence-electron chi connectivity index (χ2n) is 7.50. The van der Waals surface area contributed by atoms with Crippen LogP contribution in [0.3, 0.4) is 0 Å². The zero-order chi connectivity index (χ0) is 23.6. The number of ether oxygens (including phenoxy) is 2. The Morgan fingerprint density at radius 2 is 1.33 bits per heavy atom. The molecule has 1 heterocycles. The Bertz CT molecular complexity index is 1100. The van der Waals surface area contributed by atoms with Crippen molar-refractivity contribution in [1.29, 1.82) is 0 Å². The summed E-state index contributed by atoms with van der Waals surface area (Å²) < 4.78 is 52.2. The quantitative estimate of drug-likeness (QED) is 0.485. The van der Waals surface area contributed by atoms with Gasteiger partial charge in [-0.1, -0.05) is 36.4 Å². The van der Waals surface area contributed by atoms with E-state index in [1.165, 1.54) is 77.7 Å². The average molecular weight is 455 g/mol. The van der Waals surface area contributed by atoms with Gasteiger partial charge in [0, 0.05) is 11.1 Å². The molecule has 5 nitrogen and oxygen atoms in total. The van der Waals surface area contributed by atoms with Crippen molar-refractivity contribution in [3.63, 3.8) is 0 Å². The predicted molar refractivity (Wildman–Crippen MR) is 113 cm³/mol. The molecule has 33 heavy (non-hydrogen) atoms. The molecule has 1 atom stereocenters. The molecule has 1 unspecified atom stereocenters. The van der Waals surface area contributed by atoms with Crippen LogP contribution in [0.4, 0.5) is 18.0 Å². The summed E-state index contributed by atoms with van der Waals surface area (Å²) in [5, 5.41) is 0. The standard InChI is InChI=1S/C25H20F3NO4/c1-2-32-22(30)15-29-23(16-3-9-19(26)10-4-16)25(33-24(29)31,17-5-11-20(27)12-6-17)18-7-13-21(28)14-8-18/h3-14,23H,2,15H2,1H3. The van der Waals surface area contributed by atoms with Crippen LogP contribution in [0.1, 0.15) is 29.7 Å². The summed E-state index contributed by atoms with van der Waals surface area (Å²) in [7, 11) is 0. The van der Waals surface area contributed by atoms with Gasteiger partial charge >= 0.3 is 12.1 Å². The third-order valence-corrected chi connectivity index (χ3v) is 5.52. The first-order valence-corrected chi connectivity index (χ1v) is 10.3. The lowest BCUT2D eigenvalue weighted by molar-refractivity contribution is -0.144. The third-order valence-electron chi connectivity index (χ3n) is 5.52. The van der Waals surface area contributed by atoms with Crippen LogP contribution < -0.4 is 0 Å². The first-order valence-electron chi connectivity index (χ1n) is 10.3. The molecule has 0 aliphatic carbocycles. The van der Waals surface area contributed by atoms with Crippen LogP contribution in [0, 0.1) is 17.5 Å². The number of carbonyl (C=O) groups is 2. The Morgan fingerprint density at radius 1 is 0.879 bits per heavy atom. The summed E-state index contributed by atoms with van der Waals surface area (Å²) in [6, 6.07) is 15.1. The van der Waals surface area contributed by atoms with E-state index in [0.29, 0.717) is 16.7 Å². The van der Waals surface area contributed by atoms with Gasteiger partial charge in [-0.25, -0.2) is 18.0 Å². The Hall–Kier alpha value is -3.81. The molecule has 4 rings (SSSR count). The Balaban J connectivity index is 1.96. The molecule has 0 bridgehead atoms. The second-order valence-corrected chi connectivity index (χ2v) is 7.50.